The van der Waals surface area contributed by atoms with Crippen molar-refractivity contribution in [2.75, 3.05) is 5.32 Å². The molecule has 0 spiro atoms. The number of amides is 1. The Morgan fingerprint density at radius 1 is 1.31 bits per heavy atom. The van der Waals surface area contributed by atoms with Gasteiger partial charge >= 0.3 is 0 Å². The number of rotatable bonds is 2. The summed E-state index contributed by atoms with van der Waals surface area (Å²) in [5.41, 5.74) is 6.51. The van der Waals surface area contributed by atoms with E-state index < -0.39 is 0 Å². The second-order valence-corrected chi connectivity index (χ2v) is 7.68. The van der Waals surface area contributed by atoms with Crippen molar-refractivity contribution >= 4 is 11.9 Å². The molecule has 1 saturated carbocycles. The molecular weight excluding hydrogens is 322 g/mol. The van der Waals surface area contributed by atoms with E-state index in [-0.39, 0.29) is 5.91 Å². The zero-order valence-electron chi connectivity index (χ0n) is 16.2. The van der Waals surface area contributed by atoms with Gasteiger partial charge in [0.25, 0.3) is 0 Å². The third-order valence-corrected chi connectivity index (χ3v) is 5.07. The van der Waals surface area contributed by atoms with Crippen molar-refractivity contribution < 1.29 is 4.79 Å². The molecule has 2 aliphatic rings. The molecule has 26 heavy (non-hydrogen) atoms. The molecule has 2 aliphatic carbocycles. The summed E-state index contributed by atoms with van der Waals surface area (Å²) in [5.74, 6) is 1.25. The number of imidazole rings is 1. The van der Waals surface area contributed by atoms with Crippen LogP contribution in [0.5, 0.6) is 0 Å². The first-order chi connectivity index (χ1) is 12.4. The van der Waals surface area contributed by atoms with E-state index in [9.17, 15) is 4.79 Å². The van der Waals surface area contributed by atoms with E-state index in [0.717, 1.165) is 11.6 Å². The SMILES string of the molecule is C#C.CC(=O)Nc1ncc(C)[nH]1.CC1(C)C[C@H]1c1cccc2c1CCC2. The Morgan fingerprint density at radius 3 is 2.54 bits per heavy atom. The fourth-order valence-corrected chi connectivity index (χ4v) is 3.62. The number of aromatic nitrogens is 2. The molecule has 1 heterocycles. The van der Waals surface area contributed by atoms with Gasteiger partial charge in [-0.2, -0.15) is 0 Å². The standard InChI is InChI=1S/C14H18.C6H9N3O.C2H2/c1-14(2)9-13(14)12-8-4-6-10-5-3-7-11(10)12;1-4-3-7-6(8-4)9-5(2)10;1-2/h4,6,8,13H,3,5,7,9H2,1-2H3;3H,1-2H3,(H2,7,8,9,10);1-2H/t13-;;/m0../s1. The summed E-state index contributed by atoms with van der Waals surface area (Å²) in [4.78, 5) is 17.2. The Hall–Kier alpha value is -2.54. The number of hydrogen-bond acceptors (Lipinski definition) is 2. The van der Waals surface area contributed by atoms with Gasteiger partial charge in [-0.05, 0) is 60.6 Å². The molecule has 4 heteroatoms. The minimum Gasteiger partial charge on any atom is -0.328 e. The van der Waals surface area contributed by atoms with Crippen LogP contribution in [0.2, 0.25) is 0 Å². The number of fused-ring (bicyclic) bond motifs is 1. The van der Waals surface area contributed by atoms with E-state index in [1.807, 2.05) is 6.92 Å². The van der Waals surface area contributed by atoms with E-state index in [2.05, 4.69) is 60.2 Å². The summed E-state index contributed by atoms with van der Waals surface area (Å²) >= 11 is 0. The molecule has 0 bridgehead atoms. The summed E-state index contributed by atoms with van der Waals surface area (Å²) in [5, 5.41) is 2.52. The van der Waals surface area contributed by atoms with Crippen LogP contribution in [0.4, 0.5) is 5.95 Å². The number of H-pyrrole nitrogens is 1. The second kappa shape index (κ2) is 8.23. The third-order valence-electron chi connectivity index (χ3n) is 5.07. The van der Waals surface area contributed by atoms with Crippen LogP contribution < -0.4 is 5.32 Å². The molecule has 1 atom stereocenters. The van der Waals surface area contributed by atoms with E-state index in [1.54, 1.807) is 22.9 Å². The van der Waals surface area contributed by atoms with Crippen molar-refractivity contribution in [3.8, 4) is 12.8 Å². The molecule has 0 aliphatic heterocycles. The van der Waals surface area contributed by atoms with Crippen molar-refractivity contribution in [1.29, 1.82) is 0 Å². The van der Waals surface area contributed by atoms with Crippen molar-refractivity contribution in [1.82, 2.24) is 9.97 Å². The quantitative estimate of drug-likeness (QED) is 0.776. The van der Waals surface area contributed by atoms with Crippen LogP contribution in [-0.4, -0.2) is 15.9 Å². The van der Waals surface area contributed by atoms with Gasteiger partial charge in [-0.15, -0.1) is 12.8 Å². The summed E-state index contributed by atoms with van der Waals surface area (Å²) in [7, 11) is 0. The zero-order chi connectivity index (χ0) is 19.3. The maximum Gasteiger partial charge on any atom is 0.223 e. The van der Waals surface area contributed by atoms with Gasteiger partial charge in [0.1, 0.15) is 0 Å². The van der Waals surface area contributed by atoms with Crippen molar-refractivity contribution in [3.05, 3.63) is 46.8 Å². The number of hydrogen-bond donors (Lipinski definition) is 2. The van der Waals surface area contributed by atoms with Crippen LogP contribution in [0.3, 0.4) is 0 Å². The molecular formula is C22H29N3O. The molecule has 2 aromatic rings. The second-order valence-electron chi connectivity index (χ2n) is 7.68. The first-order valence-corrected chi connectivity index (χ1v) is 9.10. The summed E-state index contributed by atoms with van der Waals surface area (Å²) < 4.78 is 0. The van der Waals surface area contributed by atoms with E-state index in [4.69, 9.17) is 0 Å². The molecule has 1 aromatic heterocycles. The topological polar surface area (TPSA) is 57.8 Å². The average molecular weight is 351 g/mol. The lowest BCUT2D eigenvalue weighted by atomic mass is 9.96. The lowest BCUT2D eigenvalue weighted by Crippen LogP contribution is -2.06. The van der Waals surface area contributed by atoms with Crippen LogP contribution in [-0.2, 0) is 17.6 Å². The lowest BCUT2D eigenvalue weighted by Gasteiger charge is -2.09. The number of benzene rings is 1. The highest BCUT2D eigenvalue weighted by Gasteiger charge is 2.47. The van der Waals surface area contributed by atoms with E-state index >= 15 is 0 Å². The molecule has 1 fully saturated rings. The first-order valence-electron chi connectivity index (χ1n) is 9.10. The fraction of sp³-hybridized carbons (Fsp3) is 0.455. The summed E-state index contributed by atoms with van der Waals surface area (Å²) in [6.07, 6.45) is 15.1. The van der Waals surface area contributed by atoms with Crippen molar-refractivity contribution in [2.45, 2.75) is 59.3 Å². The number of nitrogens with zero attached hydrogens (tertiary/aromatic N) is 1. The number of carbonyl (C=O) groups is 1. The molecule has 0 radical (unpaired) electrons. The molecule has 1 aromatic carbocycles. The van der Waals surface area contributed by atoms with Crippen LogP contribution >= 0.6 is 0 Å². The summed E-state index contributed by atoms with van der Waals surface area (Å²) in [6.45, 7) is 8.11. The molecule has 0 saturated heterocycles. The molecule has 4 rings (SSSR count). The number of nitrogens with one attached hydrogen (secondary N) is 2. The Kier molecular flexibility index (Phi) is 6.26. The largest absolute Gasteiger partial charge is 0.328 e. The predicted molar refractivity (Wildman–Crippen MR) is 107 cm³/mol. The van der Waals surface area contributed by atoms with Crippen LogP contribution in [0.15, 0.2) is 24.4 Å². The van der Waals surface area contributed by atoms with Gasteiger partial charge < -0.3 is 4.98 Å². The van der Waals surface area contributed by atoms with Crippen molar-refractivity contribution in [2.24, 2.45) is 5.41 Å². The van der Waals surface area contributed by atoms with Gasteiger partial charge in [-0.25, -0.2) is 4.98 Å². The van der Waals surface area contributed by atoms with Gasteiger partial charge in [-0.3, -0.25) is 10.1 Å². The minimum atomic E-state index is -0.116. The number of terminal acetylenes is 1. The number of aromatic amines is 1. The number of anilines is 1. The zero-order valence-corrected chi connectivity index (χ0v) is 16.2. The van der Waals surface area contributed by atoms with Crippen LogP contribution in [0.1, 0.15) is 61.9 Å². The molecule has 0 unspecified atom stereocenters. The van der Waals surface area contributed by atoms with Gasteiger partial charge in [0.15, 0.2) is 0 Å². The number of carbonyl (C=O) groups excluding carboxylic acids is 1. The smallest absolute Gasteiger partial charge is 0.223 e. The van der Waals surface area contributed by atoms with Gasteiger partial charge in [0, 0.05) is 18.8 Å². The van der Waals surface area contributed by atoms with Gasteiger partial charge in [-0.1, -0.05) is 32.0 Å². The molecule has 4 nitrogen and oxygen atoms in total. The fourth-order valence-electron chi connectivity index (χ4n) is 3.62. The van der Waals surface area contributed by atoms with Gasteiger partial charge in [0.05, 0.1) is 0 Å². The lowest BCUT2D eigenvalue weighted by molar-refractivity contribution is -0.114. The molecule has 2 N–H and O–H groups in total. The Morgan fingerprint density at radius 2 is 2.00 bits per heavy atom. The van der Waals surface area contributed by atoms with Crippen LogP contribution in [0, 0.1) is 25.2 Å². The monoisotopic (exact) mass is 351 g/mol. The maximum atomic E-state index is 10.5. The minimum absolute atomic E-state index is 0.116. The Labute approximate surface area is 156 Å². The van der Waals surface area contributed by atoms with Crippen LogP contribution in [0.25, 0.3) is 0 Å². The third kappa shape index (κ3) is 4.76. The average Bonchev–Trinajstić information content (AvgIpc) is 2.98. The van der Waals surface area contributed by atoms with E-state index in [0.29, 0.717) is 11.4 Å². The highest BCUT2D eigenvalue weighted by atomic mass is 16.1. The number of aryl methyl sites for hydroxylation is 2. The first kappa shape index (κ1) is 19.8. The Balaban J connectivity index is 0.000000180. The highest BCUT2D eigenvalue weighted by Crippen LogP contribution is 2.59. The van der Waals surface area contributed by atoms with E-state index in [1.165, 1.54) is 32.6 Å². The highest BCUT2D eigenvalue weighted by molar-refractivity contribution is 5.86. The van der Waals surface area contributed by atoms with Gasteiger partial charge in [0.2, 0.25) is 11.9 Å². The summed E-state index contributed by atoms with van der Waals surface area (Å²) in [6, 6.07) is 6.94. The maximum absolute atomic E-state index is 10.5. The predicted octanol–water partition coefficient (Wildman–Crippen LogP) is 4.61. The van der Waals surface area contributed by atoms with Crippen molar-refractivity contribution in [3.63, 3.8) is 0 Å². The molecule has 1 amide bonds. The Bertz CT molecular complexity index is 786. The normalized spacial score (nSPS) is 18.5. The molecule has 138 valence electrons.